The summed E-state index contributed by atoms with van der Waals surface area (Å²) in [5, 5.41) is 16.4. The monoisotopic (exact) mass is 363 g/mol. The van der Waals surface area contributed by atoms with E-state index in [9.17, 15) is 9.59 Å². The van der Waals surface area contributed by atoms with E-state index in [-0.39, 0.29) is 6.15 Å². The minimum atomic E-state index is -1.26. The number of carboxylic acids is 2. The number of benzene rings is 2. The minimum absolute atomic E-state index is 0. The highest BCUT2D eigenvalue weighted by molar-refractivity contribution is 6.30. The van der Waals surface area contributed by atoms with Gasteiger partial charge in [0.25, 0.3) is 0 Å². The van der Waals surface area contributed by atoms with Crippen LogP contribution in [-0.2, 0) is 16.0 Å². The van der Waals surface area contributed by atoms with Gasteiger partial charge in [-0.25, -0.2) is 9.59 Å². The SMILES string of the molecule is CC(Cc1cccc(Cl)c1)c1ccccc1.N.O=C(O)C=CC(=O)O. The van der Waals surface area contributed by atoms with Crippen LogP contribution in [-0.4, -0.2) is 22.2 Å². The molecule has 2 rings (SSSR count). The Labute approximate surface area is 152 Å². The Kier molecular flexibility index (Phi) is 10.6. The van der Waals surface area contributed by atoms with Crippen LogP contribution in [0.1, 0.15) is 24.0 Å². The maximum Gasteiger partial charge on any atom is 0.328 e. The molecule has 0 spiro atoms. The quantitative estimate of drug-likeness (QED) is 0.674. The van der Waals surface area contributed by atoms with Crippen LogP contribution in [0.5, 0.6) is 0 Å². The Morgan fingerprint density at radius 1 is 1.00 bits per heavy atom. The zero-order valence-electron chi connectivity index (χ0n) is 13.9. The van der Waals surface area contributed by atoms with Gasteiger partial charge in [0.15, 0.2) is 0 Å². The van der Waals surface area contributed by atoms with E-state index in [1.54, 1.807) is 0 Å². The van der Waals surface area contributed by atoms with Crippen molar-refractivity contribution in [3.63, 3.8) is 0 Å². The van der Waals surface area contributed by atoms with Crippen molar-refractivity contribution >= 4 is 23.5 Å². The number of carbonyl (C=O) groups is 2. The van der Waals surface area contributed by atoms with Crippen molar-refractivity contribution in [3.05, 3.63) is 82.9 Å². The van der Waals surface area contributed by atoms with E-state index >= 15 is 0 Å². The van der Waals surface area contributed by atoms with Gasteiger partial charge in [0.2, 0.25) is 0 Å². The number of hydrogen-bond acceptors (Lipinski definition) is 3. The van der Waals surface area contributed by atoms with Crippen LogP contribution in [0, 0.1) is 0 Å². The standard InChI is InChI=1S/C15H15Cl.C4H4O4.H3N/c1-12(14-7-3-2-4-8-14)10-13-6-5-9-15(16)11-13;5-3(6)1-2-4(7)8;/h2-9,11-12H,10H2,1H3;1-2H,(H,5,6)(H,7,8);1H3. The van der Waals surface area contributed by atoms with Crippen molar-refractivity contribution < 1.29 is 19.8 Å². The molecule has 0 amide bonds. The number of halogens is 1. The van der Waals surface area contributed by atoms with Crippen LogP contribution in [0.4, 0.5) is 0 Å². The van der Waals surface area contributed by atoms with E-state index in [4.69, 9.17) is 21.8 Å². The summed E-state index contributed by atoms with van der Waals surface area (Å²) in [5.41, 5.74) is 2.67. The molecule has 0 saturated heterocycles. The second-order valence-electron chi connectivity index (χ2n) is 5.16. The van der Waals surface area contributed by atoms with Gasteiger partial charge in [-0.05, 0) is 35.6 Å². The van der Waals surface area contributed by atoms with Gasteiger partial charge in [0.1, 0.15) is 0 Å². The second-order valence-corrected chi connectivity index (χ2v) is 5.59. The van der Waals surface area contributed by atoms with Crippen LogP contribution in [0.25, 0.3) is 0 Å². The lowest BCUT2D eigenvalue weighted by Crippen LogP contribution is -1.97. The average molecular weight is 364 g/mol. The molecule has 0 aromatic heterocycles. The van der Waals surface area contributed by atoms with Gasteiger partial charge in [0.05, 0.1) is 0 Å². The lowest BCUT2D eigenvalue weighted by Gasteiger charge is -2.11. The third-order valence-electron chi connectivity index (χ3n) is 3.17. The molecule has 2 aromatic rings. The average Bonchev–Trinajstić information content (AvgIpc) is 2.54. The normalized spacial score (nSPS) is 11.0. The van der Waals surface area contributed by atoms with E-state index in [0.717, 1.165) is 11.4 Å². The number of hydrogen-bond donors (Lipinski definition) is 3. The van der Waals surface area contributed by atoms with E-state index in [1.165, 1.54) is 11.1 Å². The molecule has 1 atom stereocenters. The van der Waals surface area contributed by atoms with E-state index in [2.05, 4.69) is 43.3 Å². The van der Waals surface area contributed by atoms with Gasteiger partial charge in [0, 0.05) is 17.2 Å². The Hall–Kier alpha value is -2.63. The number of carboxylic acid groups (broad SMARTS) is 2. The maximum atomic E-state index is 9.55. The largest absolute Gasteiger partial charge is 0.478 e. The summed E-state index contributed by atoms with van der Waals surface area (Å²) in [6.07, 6.45) is 2.15. The highest BCUT2D eigenvalue weighted by atomic mass is 35.5. The maximum absolute atomic E-state index is 9.55. The molecule has 5 N–H and O–H groups in total. The van der Waals surface area contributed by atoms with Crippen LogP contribution in [0.15, 0.2) is 66.7 Å². The first-order valence-corrected chi connectivity index (χ1v) is 7.69. The predicted molar refractivity (Wildman–Crippen MR) is 99.4 cm³/mol. The fourth-order valence-electron chi connectivity index (χ4n) is 2.06. The van der Waals surface area contributed by atoms with Crippen LogP contribution >= 0.6 is 11.6 Å². The molecule has 0 saturated carbocycles. The molecule has 0 aliphatic carbocycles. The molecule has 25 heavy (non-hydrogen) atoms. The van der Waals surface area contributed by atoms with Crippen molar-refractivity contribution in [3.8, 4) is 0 Å². The van der Waals surface area contributed by atoms with Crippen molar-refractivity contribution in [1.29, 1.82) is 0 Å². The van der Waals surface area contributed by atoms with E-state index < -0.39 is 11.9 Å². The molecule has 0 bridgehead atoms. The molecule has 134 valence electrons. The third-order valence-corrected chi connectivity index (χ3v) is 3.40. The summed E-state index contributed by atoms with van der Waals surface area (Å²) in [6.45, 7) is 2.25. The topological polar surface area (TPSA) is 110 Å². The molecule has 2 aromatic carbocycles. The number of rotatable bonds is 5. The fourth-order valence-corrected chi connectivity index (χ4v) is 2.27. The van der Waals surface area contributed by atoms with Gasteiger partial charge in [-0.2, -0.15) is 0 Å². The summed E-state index contributed by atoms with van der Waals surface area (Å²) in [6, 6.07) is 18.7. The summed E-state index contributed by atoms with van der Waals surface area (Å²) in [4.78, 5) is 19.1. The van der Waals surface area contributed by atoms with Gasteiger partial charge < -0.3 is 16.4 Å². The lowest BCUT2D eigenvalue weighted by molar-refractivity contribution is -0.134. The molecule has 0 aliphatic heterocycles. The summed E-state index contributed by atoms with van der Waals surface area (Å²) in [5.74, 6) is -1.99. The fraction of sp³-hybridized carbons (Fsp3) is 0.158. The second kappa shape index (κ2) is 11.8. The molecule has 0 aliphatic rings. The molecule has 0 heterocycles. The number of aliphatic carboxylic acids is 2. The minimum Gasteiger partial charge on any atom is -0.478 e. The Morgan fingerprint density at radius 2 is 1.56 bits per heavy atom. The van der Waals surface area contributed by atoms with Gasteiger partial charge >= 0.3 is 11.9 Å². The zero-order valence-corrected chi connectivity index (χ0v) is 14.7. The molecule has 6 heteroatoms. The Balaban J connectivity index is 0.000000552. The smallest absolute Gasteiger partial charge is 0.328 e. The molecule has 5 nitrogen and oxygen atoms in total. The molecule has 0 radical (unpaired) electrons. The first-order chi connectivity index (χ1) is 11.4. The zero-order chi connectivity index (χ0) is 17.9. The summed E-state index contributed by atoms with van der Waals surface area (Å²) in [7, 11) is 0. The molecular formula is C19H22ClNO4. The first-order valence-electron chi connectivity index (χ1n) is 7.32. The van der Waals surface area contributed by atoms with Crippen LogP contribution < -0.4 is 6.15 Å². The van der Waals surface area contributed by atoms with Gasteiger partial charge in [-0.3, -0.25) is 0 Å². The van der Waals surface area contributed by atoms with Crippen molar-refractivity contribution in [2.45, 2.75) is 19.3 Å². The summed E-state index contributed by atoms with van der Waals surface area (Å²) >= 11 is 5.97. The molecular weight excluding hydrogens is 342 g/mol. The van der Waals surface area contributed by atoms with Crippen LogP contribution in [0.2, 0.25) is 5.02 Å². The van der Waals surface area contributed by atoms with Gasteiger partial charge in [-0.15, -0.1) is 0 Å². The third kappa shape index (κ3) is 9.96. The van der Waals surface area contributed by atoms with Crippen molar-refractivity contribution in [1.82, 2.24) is 6.15 Å². The molecule has 1 unspecified atom stereocenters. The lowest BCUT2D eigenvalue weighted by atomic mass is 9.94. The van der Waals surface area contributed by atoms with Gasteiger partial charge in [-0.1, -0.05) is 61.0 Å². The Bertz CT molecular complexity index is 686. The molecule has 0 fully saturated rings. The first kappa shape index (κ1) is 22.4. The Morgan fingerprint density at radius 3 is 2.04 bits per heavy atom. The van der Waals surface area contributed by atoms with E-state index in [0.29, 0.717) is 18.1 Å². The van der Waals surface area contributed by atoms with Crippen molar-refractivity contribution in [2.24, 2.45) is 0 Å². The highest BCUT2D eigenvalue weighted by Crippen LogP contribution is 2.21. The highest BCUT2D eigenvalue weighted by Gasteiger charge is 2.06. The summed E-state index contributed by atoms with van der Waals surface area (Å²) < 4.78 is 0. The van der Waals surface area contributed by atoms with E-state index in [1.807, 2.05) is 18.2 Å². The van der Waals surface area contributed by atoms with Crippen molar-refractivity contribution in [2.75, 3.05) is 0 Å². The predicted octanol–water partition coefficient (Wildman–Crippen LogP) is 4.56. The van der Waals surface area contributed by atoms with Crippen LogP contribution in [0.3, 0.4) is 0 Å².